The summed E-state index contributed by atoms with van der Waals surface area (Å²) in [6.45, 7) is 4.38. The Labute approximate surface area is 174 Å². The number of aryl methyl sites for hydroxylation is 2. The van der Waals surface area contributed by atoms with E-state index < -0.39 is 0 Å². The van der Waals surface area contributed by atoms with Gasteiger partial charge >= 0.3 is 0 Å². The molecule has 2 amide bonds. The second-order valence-corrected chi connectivity index (χ2v) is 7.23. The van der Waals surface area contributed by atoms with Crippen molar-refractivity contribution < 1.29 is 9.59 Å². The van der Waals surface area contributed by atoms with Gasteiger partial charge in [-0.3, -0.25) is 14.0 Å². The van der Waals surface area contributed by atoms with E-state index in [4.69, 9.17) is 0 Å². The predicted octanol–water partition coefficient (Wildman–Crippen LogP) is 4.13. The number of rotatable bonds is 5. The van der Waals surface area contributed by atoms with E-state index >= 15 is 0 Å². The second-order valence-electron chi connectivity index (χ2n) is 7.23. The number of benzene rings is 2. The van der Waals surface area contributed by atoms with E-state index in [9.17, 15) is 9.59 Å². The Bertz CT molecular complexity index is 1210. The number of nitrogens with zero attached hydrogens (tertiary/aromatic N) is 2. The van der Waals surface area contributed by atoms with Crippen LogP contribution in [-0.2, 0) is 6.54 Å². The van der Waals surface area contributed by atoms with Crippen molar-refractivity contribution in [3.63, 3.8) is 0 Å². The van der Waals surface area contributed by atoms with Crippen molar-refractivity contribution in [2.24, 2.45) is 0 Å². The molecule has 0 aliphatic carbocycles. The molecule has 0 radical (unpaired) electrons. The number of amides is 2. The van der Waals surface area contributed by atoms with Gasteiger partial charge in [-0.2, -0.15) is 0 Å². The summed E-state index contributed by atoms with van der Waals surface area (Å²) in [6, 6.07) is 20.8. The van der Waals surface area contributed by atoms with Gasteiger partial charge in [0.25, 0.3) is 11.8 Å². The van der Waals surface area contributed by atoms with Crippen LogP contribution in [-0.4, -0.2) is 21.2 Å². The number of aromatic nitrogens is 2. The van der Waals surface area contributed by atoms with Crippen molar-refractivity contribution in [1.82, 2.24) is 14.7 Å². The first kappa shape index (κ1) is 19.4. The lowest BCUT2D eigenvalue weighted by molar-refractivity contribution is 0.0940. The Hall–Kier alpha value is -3.93. The topological polar surface area (TPSA) is 75.5 Å². The van der Waals surface area contributed by atoms with Crippen LogP contribution in [0, 0.1) is 13.8 Å². The van der Waals surface area contributed by atoms with Crippen molar-refractivity contribution in [1.29, 1.82) is 0 Å². The van der Waals surface area contributed by atoms with Gasteiger partial charge in [-0.05, 0) is 43.7 Å². The molecule has 0 saturated carbocycles. The number of fused-ring (bicyclic) bond motifs is 1. The summed E-state index contributed by atoms with van der Waals surface area (Å²) in [5.74, 6) is -0.530. The molecule has 2 N–H and O–H groups in total. The first-order valence-corrected chi connectivity index (χ1v) is 9.70. The Morgan fingerprint density at radius 2 is 1.53 bits per heavy atom. The van der Waals surface area contributed by atoms with Gasteiger partial charge in [0.2, 0.25) is 5.82 Å². The molecule has 0 unspecified atom stereocenters. The van der Waals surface area contributed by atoms with Gasteiger partial charge in [-0.25, -0.2) is 4.98 Å². The van der Waals surface area contributed by atoms with Crippen LogP contribution in [0.3, 0.4) is 0 Å². The van der Waals surface area contributed by atoms with Gasteiger partial charge in [0.05, 0.1) is 5.52 Å². The zero-order valence-electron chi connectivity index (χ0n) is 16.8. The van der Waals surface area contributed by atoms with E-state index in [1.165, 1.54) is 0 Å². The van der Waals surface area contributed by atoms with Crippen LogP contribution < -0.4 is 10.6 Å². The minimum Gasteiger partial charge on any atom is -0.345 e. The third kappa shape index (κ3) is 4.07. The molecule has 4 rings (SSSR count). The predicted molar refractivity (Wildman–Crippen MR) is 117 cm³/mol. The lowest BCUT2D eigenvalue weighted by atomic mass is 10.1. The maximum Gasteiger partial charge on any atom is 0.287 e. The number of imidazole rings is 1. The summed E-state index contributed by atoms with van der Waals surface area (Å²) >= 11 is 0. The number of hydrogen-bond acceptors (Lipinski definition) is 3. The summed E-state index contributed by atoms with van der Waals surface area (Å²) in [6.07, 6.45) is 1.73. The smallest absolute Gasteiger partial charge is 0.287 e. The van der Waals surface area contributed by atoms with Gasteiger partial charge in [0, 0.05) is 18.4 Å². The monoisotopic (exact) mass is 398 g/mol. The maximum atomic E-state index is 12.8. The van der Waals surface area contributed by atoms with Crippen molar-refractivity contribution in [3.05, 3.63) is 101 Å². The lowest BCUT2D eigenvalue weighted by Gasteiger charge is -2.05. The van der Waals surface area contributed by atoms with E-state index in [0.717, 1.165) is 16.7 Å². The lowest BCUT2D eigenvalue weighted by Crippen LogP contribution is -2.25. The molecule has 0 bridgehead atoms. The fraction of sp³-hybridized carbons (Fsp3) is 0.125. The summed E-state index contributed by atoms with van der Waals surface area (Å²) in [4.78, 5) is 30.0. The number of nitrogens with one attached hydrogen (secondary N) is 2. The molecule has 2 aromatic carbocycles. The number of hydrogen-bond donors (Lipinski definition) is 2. The molecule has 150 valence electrons. The van der Waals surface area contributed by atoms with E-state index in [1.54, 1.807) is 22.7 Å². The SMILES string of the molecule is Cc1ccc(CNC(=O)c2nc(C(=O)Nc3ccc(C)cc3)c3ccccn23)cc1. The van der Waals surface area contributed by atoms with Gasteiger partial charge in [0.15, 0.2) is 5.69 Å². The zero-order chi connectivity index (χ0) is 21.1. The highest BCUT2D eigenvalue weighted by Crippen LogP contribution is 2.16. The van der Waals surface area contributed by atoms with Crippen LogP contribution in [0.25, 0.3) is 5.52 Å². The molecule has 30 heavy (non-hydrogen) atoms. The molecule has 0 saturated heterocycles. The Morgan fingerprint density at radius 1 is 0.867 bits per heavy atom. The zero-order valence-corrected chi connectivity index (χ0v) is 16.8. The minimum atomic E-state index is -0.361. The fourth-order valence-corrected chi connectivity index (χ4v) is 3.16. The first-order valence-electron chi connectivity index (χ1n) is 9.70. The van der Waals surface area contributed by atoms with Gasteiger partial charge in [0.1, 0.15) is 0 Å². The number of pyridine rings is 1. The highest BCUT2D eigenvalue weighted by Gasteiger charge is 2.21. The average molecular weight is 398 g/mol. The molecule has 6 heteroatoms. The summed E-state index contributed by atoms with van der Waals surface area (Å²) in [5, 5.41) is 5.73. The standard InChI is InChI=1S/C24H22N4O2/c1-16-6-10-18(11-7-16)15-25-24(30)22-27-21(20-5-3-4-14-28(20)22)23(29)26-19-12-8-17(2)9-13-19/h3-14H,15H2,1-2H3,(H,25,30)(H,26,29). The Balaban J connectivity index is 1.58. The van der Waals surface area contributed by atoms with Gasteiger partial charge in [-0.1, -0.05) is 53.6 Å². The molecule has 4 aromatic rings. The highest BCUT2D eigenvalue weighted by atomic mass is 16.2. The van der Waals surface area contributed by atoms with Crippen LogP contribution >= 0.6 is 0 Å². The molecule has 0 aliphatic rings. The Morgan fingerprint density at radius 3 is 2.23 bits per heavy atom. The van der Waals surface area contributed by atoms with Crippen molar-refractivity contribution in [3.8, 4) is 0 Å². The van der Waals surface area contributed by atoms with Gasteiger partial charge in [-0.15, -0.1) is 0 Å². The molecule has 2 heterocycles. The Kier molecular flexibility index (Phi) is 5.30. The number of carbonyl (C=O) groups excluding carboxylic acids is 2. The molecule has 0 atom stereocenters. The fourth-order valence-electron chi connectivity index (χ4n) is 3.16. The molecule has 2 aromatic heterocycles. The normalized spacial score (nSPS) is 10.7. The maximum absolute atomic E-state index is 12.8. The molecular formula is C24H22N4O2. The molecule has 0 fully saturated rings. The average Bonchev–Trinajstić information content (AvgIpc) is 3.15. The molecule has 0 aliphatic heterocycles. The number of carbonyl (C=O) groups is 2. The van der Waals surface area contributed by atoms with Crippen LogP contribution in [0.4, 0.5) is 5.69 Å². The first-order chi connectivity index (χ1) is 14.5. The minimum absolute atomic E-state index is 0.173. The van der Waals surface area contributed by atoms with Crippen LogP contribution in [0.15, 0.2) is 72.9 Å². The van der Waals surface area contributed by atoms with Gasteiger partial charge < -0.3 is 10.6 Å². The van der Waals surface area contributed by atoms with Crippen molar-refractivity contribution >= 4 is 23.0 Å². The highest BCUT2D eigenvalue weighted by molar-refractivity contribution is 6.08. The summed E-state index contributed by atoms with van der Waals surface area (Å²) < 4.78 is 1.63. The molecule has 6 nitrogen and oxygen atoms in total. The van der Waals surface area contributed by atoms with E-state index in [1.807, 2.05) is 68.4 Å². The van der Waals surface area contributed by atoms with E-state index in [2.05, 4.69) is 15.6 Å². The van der Waals surface area contributed by atoms with E-state index in [-0.39, 0.29) is 23.3 Å². The van der Waals surface area contributed by atoms with Crippen LogP contribution in [0.2, 0.25) is 0 Å². The quantitative estimate of drug-likeness (QED) is 0.531. The van der Waals surface area contributed by atoms with Crippen molar-refractivity contribution in [2.45, 2.75) is 20.4 Å². The van der Waals surface area contributed by atoms with Crippen LogP contribution in [0.5, 0.6) is 0 Å². The van der Waals surface area contributed by atoms with Crippen LogP contribution in [0.1, 0.15) is 37.8 Å². The number of anilines is 1. The van der Waals surface area contributed by atoms with Crippen molar-refractivity contribution in [2.75, 3.05) is 5.32 Å². The summed E-state index contributed by atoms with van der Waals surface area (Å²) in [5.41, 5.74) is 4.71. The largest absolute Gasteiger partial charge is 0.345 e. The van der Waals surface area contributed by atoms with E-state index in [0.29, 0.717) is 17.7 Å². The third-order valence-corrected chi connectivity index (χ3v) is 4.85. The molecular weight excluding hydrogens is 376 g/mol. The second kappa shape index (κ2) is 8.21. The summed E-state index contributed by atoms with van der Waals surface area (Å²) in [7, 11) is 0. The third-order valence-electron chi connectivity index (χ3n) is 4.85. The molecule has 0 spiro atoms.